The number of pyridine rings is 1. The van der Waals surface area contributed by atoms with Crippen LogP contribution in [-0.2, 0) is 0 Å². The van der Waals surface area contributed by atoms with E-state index < -0.39 is 0 Å². The largest absolute Gasteiger partial charge is 0.454 e. The van der Waals surface area contributed by atoms with Gasteiger partial charge in [0.05, 0.1) is 0 Å². The first-order valence-electron chi connectivity index (χ1n) is 5.68. The molecule has 0 amide bonds. The average Bonchev–Trinajstić information content (AvgIpc) is 2.77. The van der Waals surface area contributed by atoms with E-state index in [0.29, 0.717) is 5.02 Å². The normalized spacial score (nSPS) is 11.6. The van der Waals surface area contributed by atoms with Crippen molar-refractivity contribution >= 4 is 44.4 Å². The second-order valence-electron chi connectivity index (χ2n) is 4.26. The smallest absolute Gasteiger partial charge is 0.161 e. The summed E-state index contributed by atoms with van der Waals surface area (Å²) in [5, 5.41) is 3.88. The van der Waals surface area contributed by atoms with Crippen molar-refractivity contribution in [1.29, 1.82) is 0 Å². The van der Waals surface area contributed by atoms with Crippen molar-refractivity contribution in [2.75, 3.05) is 0 Å². The Balaban J connectivity index is 2.30. The van der Waals surface area contributed by atoms with Crippen LogP contribution in [0.15, 0.2) is 53.1 Å². The van der Waals surface area contributed by atoms with Gasteiger partial charge in [0.25, 0.3) is 0 Å². The molecule has 0 saturated carbocycles. The van der Waals surface area contributed by atoms with Gasteiger partial charge in [-0.25, -0.2) is 0 Å². The van der Waals surface area contributed by atoms with Gasteiger partial charge in [-0.2, -0.15) is 0 Å². The fourth-order valence-corrected chi connectivity index (χ4v) is 2.52. The second-order valence-corrected chi connectivity index (χ2v) is 4.70. The summed E-state index contributed by atoms with van der Waals surface area (Å²) in [5.74, 6) is 0. The zero-order valence-corrected chi connectivity index (χ0v) is 10.1. The van der Waals surface area contributed by atoms with Crippen molar-refractivity contribution in [2.45, 2.75) is 0 Å². The first kappa shape index (κ1) is 9.92. The monoisotopic (exact) mass is 253 g/mol. The van der Waals surface area contributed by atoms with Crippen molar-refractivity contribution in [3.8, 4) is 0 Å². The number of benzene rings is 2. The SMILES string of the molecule is Clc1ccc2oc3c(ccc4cccnc43)c2c1. The summed E-state index contributed by atoms with van der Waals surface area (Å²) < 4.78 is 5.90. The Morgan fingerprint density at radius 1 is 1.00 bits per heavy atom. The van der Waals surface area contributed by atoms with Gasteiger partial charge in [0.1, 0.15) is 11.1 Å². The fourth-order valence-electron chi connectivity index (χ4n) is 2.35. The number of furan rings is 1. The van der Waals surface area contributed by atoms with Crippen LogP contribution in [0.25, 0.3) is 32.8 Å². The van der Waals surface area contributed by atoms with Gasteiger partial charge in [-0.05, 0) is 30.3 Å². The van der Waals surface area contributed by atoms with E-state index in [1.807, 2.05) is 30.3 Å². The van der Waals surface area contributed by atoms with Crippen LogP contribution in [0.5, 0.6) is 0 Å². The molecular formula is C15H8ClNO. The maximum absolute atomic E-state index is 6.04. The third-order valence-corrected chi connectivity index (χ3v) is 3.41. The molecule has 0 radical (unpaired) electrons. The molecule has 0 aliphatic carbocycles. The number of hydrogen-bond donors (Lipinski definition) is 0. The Morgan fingerprint density at radius 3 is 2.89 bits per heavy atom. The lowest BCUT2D eigenvalue weighted by Crippen LogP contribution is -1.77. The van der Waals surface area contributed by atoms with E-state index in [4.69, 9.17) is 16.0 Å². The summed E-state index contributed by atoms with van der Waals surface area (Å²) in [6.45, 7) is 0. The van der Waals surface area contributed by atoms with E-state index in [1.54, 1.807) is 6.20 Å². The number of halogens is 1. The molecule has 0 bridgehead atoms. The van der Waals surface area contributed by atoms with Gasteiger partial charge in [-0.1, -0.05) is 23.7 Å². The number of rotatable bonds is 0. The molecule has 0 aliphatic rings. The zero-order chi connectivity index (χ0) is 12.1. The van der Waals surface area contributed by atoms with Gasteiger partial charge in [-0.15, -0.1) is 0 Å². The molecule has 2 nitrogen and oxygen atoms in total. The molecule has 0 fully saturated rings. The summed E-state index contributed by atoms with van der Waals surface area (Å²) >= 11 is 6.04. The molecule has 18 heavy (non-hydrogen) atoms. The molecule has 0 N–H and O–H groups in total. The third kappa shape index (κ3) is 1.27. The molecule has 2 aromatic carbocycles. The van der Waals surface area contributed by atoms with Gasteiger partial charge >= 0.3 is 0 Å². The molecule has 0 saturated heterocycles. The number of fused-ring (bicyclic) bond motifs is 5. The number of nitrogens with zero attached hydrogens (tertiary/aromatic N) is 1. The predicted molar refractivity (Wildman–Crippen MR) is 74.0 cm³/mol. The molecule has 2 aromatic heterocycles. The molecule has 2 heterocycles. The van der Waals surface area contributed by atoms with E-state index in [1.165, 1.54) is 0 Å². The minimum Gasteiger partial charge on any atom is -0.454 e. The summed E-state index contributed by atoms with van der Waals surface area (Å²) in [4.78, 5) is 4.40. The minimum absolute atomic E-state index is 0.714. The van der Waals surface area contributed by atoms with Crippen molar-refractivity contribution in [3.63, 3.8) is 0 Å². The quantitative estimate of drug-likeness (QED) is 0.450. The van der Waals surface area contributed by atoms with Gasteiger partial charge in [0.15, 0.2) is 5.58 Å². The van der Waals surface area contributed by atoms with E-state index in [9.17, 15) is 0 Å². The van der Waals surface area contributed by atoms with Gasteiger partial charge in [0, 0.05) is 27.4 Å². The number of hydrogen-bond acceptors (Lipinski definition) is 2. The molecule has 4 rings (SSSR count). The second kappa shape index (κ2) is 3.47. The van der Waals surface area contributed by atoms with Gasteiger partial charge < -0.3 is 4.42 Å². The highest BCUT2D eigenvalue weighted by Crippen LogP contribution is 2.34. The lowest BCUT2D eigenvalue weighted by Gasteiger charge is -1.96. The van der Waals surface area contributed by atoms with Crippen LogP contribution < -0.4 is 0 Å². The maximum atomic E-state index is 6.04. The van der Waals surface area contributed by atoms with Crippen LogP contribution in [-0.4, -0.2) is 4.98 Å². The molecule has 0 aliphatic heterocycles. The van der Waals surface area contributed by atoms with Crippen LogP contribution in [0.1, 0.15) is 0 Å². The van der Waals surface area contributed by atoms with Crippen LogP contribution in [0.3, 0.4) is 0 Å². The van der Waals surface area contributed by atoms with Crippen LogP contribution in [0.2, 0.25) is 5.02 Å². The van der Waals surface area contributed by atoms with Crippen molar-refractivity contribution < 1.29 is 4.42 Å². The highest BCUT2D eigenvalue weighted by Gasteiger charge is 2.10. The average molecular weight is 254 g/mol. The Kier molecular flexibility index (Phi) is 1.91. The van der Waals surface area contributed by atoms with E-state index >= 15 is 0 Å². The van der Waals surface area contributed by atoms with Crippen LogP contribution in [0, 0.1) is 0 Å². The minimum atomic E-state index is 0.714. The lowest BCUT2D eigenvalue weighted by molar-refractivity contribution is 0.671. The highest BCUT2D eigenvalue weighted by atomic mass is 35.5. The first-order chi connectivity index (χ1) is 8.83. The summed E-state index contributed by atoms with van der Waals surface area (Å²) in [5.41, 5.74) is 2.56. The summed E-state index contributed by atoms with van der Waals surface area (Å²) in [6.07, 6.45) is 1.78. The zero-order valence-electron chi connectivity index (χ0n) is 9.35. The topological polar surface area (TPSA) is 26.0 Å². The Morgan fingerprint density at radius 2 is 1.94 bits per heavy atom. The molecule has 86 valence electrons. The molecule has 3 heteroatoms. The number of aromatic nitrogens is 1. The Hall–Kier alpha value is -2.06. The first-order valence-corrected chi connectivity index (χ1v) is 6.06. The van der Waals surface area contributed by atoms with Crippen LogP contribution >= 0.6 is 11.6 Å². The third-order valence-electron chi connectivity index (χ3n) is 3.17. The summed E-state index contributed by atoms with van der Waals surface area (Å²) in [7, 11) is 0. The Bertz CT molecular complexity index is 895. The van der Waals surface area contributed by atoms with Crippen molar-refractivity contribution in [2.24, 2.45) is 0 Å². The van der Waals surface area contributed by atoms with E-state index in [-0.39, 0.29) is 0 Å². The van der Waals surface area contributed by atoms with Crippen molar-refractivity contribution in [1.82, 2.24) is 4.98 Å². The standard InChI is InChI=1S/C15H8ClNO/c16-10-4-6-13-12(8-10)11-5-3-9-2-1-7-17-14(9)15(11)18-13/h1-8H. The molecule has 4 aromatic rings. The Labute approximate surface area is 108 Å². The molecule has 0 spiro atoms. The highest BCUT2D eigenvalue weighted by molar-refractivity contribution is 6.32. The van der Waals surface area contributed by atoms with Gasteiger partial charge in [0.2, 0.25) is 0 Å². The molecule has 0 atom stereocenters. The van der Waals surface area contributed by atoms with Gasteiger partial charge in [-0.3, -0.25) is 4.98 Å². The van der Waals surface area contributed by atoms with Crippen LogP contribution in [0.4, 0.5) is 0 Å². The molecule has 0 unspecified atom stereocenters. The fraction of sp³-hybridized carbons (Fsp3) is 0. The lowest BCUT2D eigenvalue weighted by atomic mass is 10.1. The maximum Gasteiger partial charge on any atom is 0.161 e. The summed E-state index contributed by atoms with van der Waals surface area (Å²) in [6, 6.07) is 13.7. The van der Waals surface area contributed by atoms with E-state index in [2.05, 4.69) is 17.1 Å². The predicted octanol–water partition coefficient (Wildman–Crippen LogP) is 4.79. The van der Waals surface area contributed by atoms with E-state index in [0.717, 1.165) is 32.8 Å². The molecular weight excluding hydrogens is 246 g/mol. The van der Waals surface area contributed by atoms with Crippen molar-refractivity contribution in [3.05, 3.63) is 53.7 Å².